The maximum absolute atomic E-state index is 15.8. The third kappa shape index (κ3) is 7.29. The van der Waals surface area contributed by atoms with Crippen LogP contribution < -0.4 is 40.8 Å². The normalized spacial score (nSPS) is 19.9. The van der Waals surface area contributed by atoms with Crippen molar-refractivity contribution in [3.63, 3.8) is 0 Å². The van der Waals surface area contributed by atoms with Gasteiger partial charge in [-0.15, -0.1) is 0 Å². The second-order valence-electron chi connectivity index (χ2n) is 15.4. The number of methoxy groups -OCH3 is 2. The van der Waals surface area contributed by atoms with E-state index in [2.05, 4.69) is 10.6 Å². The van der Waals surface area contributed by atoms with Crippen molar-refractivity contribution in [2.24, 2.45) is 0 Å². The number of ether oxygens (including phenoxy) is 4. The van der Waals surface area contributed by atoms with Crippen LogP contribution in [-0.2, 0) is 9.47 Å². The van der Waals surface area contributed by atoms with Crippen molar-refractivity contribution < 1.29 is 37.3 Å². The van der Waals surface area contributed by atoms with Crippen molar-refractivity contribution in [2.45, 2.75) is 63.7 Å². The van der Waals surface area contributed by atoms with Gasteiger partial charge in [0.25, 0.3) is 0 Å². The fraction of sp³-hybridized carbons (Fsp3) is 0.488. The Balaban J connectivity index is 0.983. The summed E-state index contributed by atoms with van der Waals surface area (Å²) in [5.74, 6) is -2.61. The minimum Gasteiger partial charge on any atom is -0.492 e. The smallest absolute Gasteiger partial charge is 0.343 e. The Kier molecular flexibility index (Phi) is 10.6. The average molecular weight is 790 g/mol. The number of aromatic nitrogens is 2. The van der Waals surface area contributed by atoms with Crippen LogP contribution in [0.15, 0.2) is 34.1 Å². The summed E-state index contributed by atoms with van der Waals surface area (Å²) in [6.07, 6.45) is 7.52. The molecule has 2 saturated heterocycles. The van der Waals surface area contributed by atoms with Gasteiger partial charge in [0.1, 0.15) is 22.5 Å². The Hall–Kier alpha value is -5.22. The van der Waals surface area contributed by atoms with Crippen molar-refractivity contribution in [1.29, 1.82) is 0 Å². The van der Waals surface area contributed by atoms with E-state index in [0.717, 1.165) is 25.7 Å². The molecule has 4 heterocycles. The van der Waals surface area contributed by atoms with Gasteiger partial charge < -0.3 is 48.5 Å². The van der Waals surface area contributed by atoms with E-state index >= 15 is 8.78 Å². The fourth-order valence-corrected chi connectivity index (χ4v) is 8.18. The molecule has 2 aromatic carbocycles. The summed E-state index contributed by atoms with van der Waals surface area (Å²) >= 11 is 0. The van der Waals surface area contributed by atoms with Crippen molar-refractivity contribution >= 4 is 45.1 Å². The number of halogens is 2. The first kappa shape index (κ1) is 38.6. The predicted molar refractivity (Wildman–Crippen MR) is 210 cm³/mol. The number of benzene rings is 2. The second-order valence-corrected chi connectivity index (χ2v) is 15.4. The Bertz CT molecular complexity index is 2210. The van der Waals surface area contributed by atoms with Gasteiger partial charge in [-0.3, -0.25) is 9.59 Å². The first-order valence-electron chi connectivity index (χ1n) is 19.5. The molecular formula is C41H47F2N6O8. The van der Waals surface area contributed by atoms with Gasteiger partial charge in [0.2, 0.25) is 10.9 Å². The molecular weight excluding hydrogens is 742 g/mol. The number of nitrogens with one attached hydrogen (secondary N) is 2. The Morgan fingerprint density at radius 2 is 1.12 bits per heavy atom. The van der Waals surface area contributed by atoms with Crippen LogP contribution in [-0.4, -0.2) is 99.9 Å². The molecule has 4 aromatic rings. The lowest BCUT2D eigenvalue weighted by atomic mass is 10.1. The number of piperazine rings is 2. The molecule has 2 aromatic heterocycles. The zero-order valence-electron chi connectivity index (χ0n) is 32.5. The predicted octanol–water partition coefficient (Wildman–Crippen LogP) is 4.10. The zero-order valence-corrected chi connectivity index (χ0v) is 32.5. The molecule has 2 N–H and O–H groups in total. The van der Waals surface area contributed by atoms with Crippen LogP contribution in [0, 0.1) is 18.1 Å². The molecule has 0 amide bonds. The highest BCUT2D eigenvalue weighted by molar-refractivity contribution is 5.99. The quantitative estimate of drug-likeness (QED) is 0.158. The molecule has 303 valence electrons. The third-order valence-electron chi connectivity index (χ3n) is 11.2. The molecule has 16 heteroatoms. The number of pyridine rings is 2. The summed E-state index contributed by atoms with van der Waals surface area (Å²) in [5, 5.41) is 6.71. The summed E-state index contributed by atoms with van der Waals surface area (Å²) in [5.41, 5.74) is -0.506. The number of nitrogens with zero attached hydrogens (tertiary/aromatic N) is 4. The number of anilines is 2. The van der Waals surface area contributed by atoms with Crippen LogP contribution in [0.1, 0.15) is 72.3 Å². The maximum Gasteiger partial charge on any atom is 0.343 e. The maximum atomic E-state index is 15.8. The lowest BCUT2D eigenvalue weighted by molar-refractivity contribution is 0.0469. The summed E-state index contributed by atoms with van der Waals surface area (Å²) in [4.78, 5) is 57.9. The Morgan fingerprint density at radius 3 is 1.47 bits per heavy atom. The first-order valence-corrected chi connectivity index (χ1v) is 19.5. The Morgan fingerprint density at radius 1 is 0.719 bits per heavy atom. The summed E-state index contributed by atoms with van der Waals surface area (Å²) in [6.45, 7) is 6.91. The van der Waals surface area contributed by atoms with Crippen molar-refractivity contribution in [2.75, 3.05) is 76.5 Å². The molecule has 57 heavy (non-hydrogen) atoms. The summed E-state index contributed by atoms with van der Waals surface area (Å²) in [6, 6.07) is 2.58. The topological polar surface area (TPSA) is 146 Å². The highest BCUT2D eigenvalue weighted by atomic mass is 19.1. The van der Waals surface area contributed by atoms with Gasteiger partial charge in [0, 0.05) is 82.3 Å². The molecule has 2 unspecified atom stereocenters. The van der Waals surface area contributed by atoms with Gasteiger partial charge in [-0.1, -0.05) is 0 Å². The average Bonchev–Trinajstić information content (AvgIpc) is 4.13. The Labute approximate surface area is 327 Å². The van der Waals surface area contributed by atoms with E-state index in [0.29, 0.717) is 50.3 Å². The van der Waals surface area contributed by atoms with E-state index in [1.54, 1.807) is 9.13 Å². The van der Waals surface area contributed by atoms with Gasteiger partial charge >= 0.3 is 11.9 Å². The molecule has 4 fully saturated rings. The molecule has 2 aliphatic carbocycles. The van der Waals surface area contributed by atoms with Crippen LogP contribution in [0.3, 0.4) is 0 Å². The van der Waals surface area contributed by atoms with E-state index in [1.165, 1.54) is 45.2 Å². The van der Waals surface area contributed by atoms with E-state index in [4.69, 9.17) is 18.9 Å². The molecule has 2 saturated carbocycles. The fourth-order valence-electron chi connectivity index (χ4n) is 8.18. The monoisotopic (exact) mass is 789 g/mol. The van der Waals surface area contributed by atoms with Gasteiger partial charge in [-0.2, -0.15) is 0 Å². The van der Waals surface area contributed by atoms with E-state index in [9.17, 15) is 19.2 Å². The second kappa shape index (κ2) is 15.6. The van der Waals surface area contributed by atoms with Crippen LogP contribution in [0.5, 0.6) is 11.5 Å². The van der Waals surface area contributed by atoms with Crippen molar-refractivity contribution in [3.05, 3.63) is 74.2 Å². The largest absolute Gasteiger partial charge is 0.492 e. The van der Waals surface area contributed by atoms with Crippen LogP contribution in [0.25, 0.3) is 21.8 Å². The number of esters is 2. The van der Waals surface area contributed by atoms with Crippen molar-refractivity contribution in [3.8, 4) is 11.5 Å². The lowest BCUT2D eigenvalue weighted by Crippen LogP contribution is -2.49. The number of rotatable bonds is 12. The third-order valence-corrected chi connectivity index (χ3v) is 11.2. The van der Waals surface area contributed by atoms with E-state index in [1.807, 2.05) is 23.6 Å². The van der Waals surface area contributed by atoms with Crippen molar-refractivity contribution in [1.82, 2.24) is 19.8 Å². The lowest BCUT2D eigenvalue weighted by Gasteiger charge is -2.35. The standard InChI is InChI=1S/C41H47F2N6O8/c1-22-18-46(12-10-44-22)34-30(42)16-26-32(38(34)54-3)48(24-6-7-24)20-28(36(26)50)40(52)56-14-5-15-57-41(53)29-21-49(25-8-9-25)33-27(37(29)51)17-31(43)35(39(33)55-4)47-13-11-45-23(2)19-47/h5,16-17,20-25,44-45H,6-15,18-19H2,1-4H3. The molecule has 2 aliphatic heterocycles. The highest BCUT2D eigenvalue weighted by Crippen LogP contribution is 2.45. The number of carbonyl (C=O) groups excluding carboxylic acids is 2. The van der Waals surface area contributed by atoms with Crippen LogP contribution >= 0.6 is 0 Å². The van der Waals surface area contributed by atoms with Gasteiger partial charge in [-0.25, -0.2) is 18.4 Å². The molecule has 0 bridgehead atoms. The number of carbonyl (C=O) groups is 2. The van der Waals surface area contributed by atoms with Gasteiger partial charge in [0.15, 0.2) is 23.1 Å². The molecule has 0 spiro atoms. The van der Waals surface area contributed by atoms with Gasteiger partial charge in [-0.05, 0) is 51.7 Å². The number of fused-ring (bicyclic) bond motifs is 2. The van der Waals surface area contributed by atoms with E-state index in [-0.39, 0.29) is 82.2 Å². The zero-order chi connectivity index (χ0) is 40.1. The number of hydrogen-bond donors (Lipinski definition) is 2. The highest BCUT2D eigenvalue weighted by Gasteiger charge is 2.34. The summed E-state index contributed by atoms with van der Waals surface area (Å²) in [7, 11) is 2.89. The summed E-state index contributed by atoms with van der Waals surface area (Å²) < 4.78 is 57.6. The van der Waals surface area contributed by atoms with Gasteiger partial charge in [0.05, 0.1) is 49.2 Å². The SMILES string of the molecule is COc1c(N2CCNC(C)C2)c(F)cc2c(=O)c(C(=O)OC[CH]COC(=O)c3cn(C4CC4)c4c(OC)c(N5CCNC(C)C5)c(F)cc4c3=O)cn(C3CC3)c12. The van der Waals surface area contributed by atoms with Crippen LogP contribution in [0.2, 0.25) is 0 Å². The number of hydrogen-bond acceptors (Lipinski definition) is 12. The molecule has 14 nitrogen and oxygen atoms in total. The molecule has 8 rings (SSSR count). The van der Waals surface area contributed by atoms with E-state index < -0.39 is 34.4 Å². The molecule has 1 radical (unpaired) electrons. The minimum atomic E-state index is -0.925. The molecule has 4 aliphatic rings. The minimum absolute atomic E-state index is 0.00458. The molecule has 2 atom stereocenters. The first-order chi connectivity index (χ1) is 27.5. The van der Waals surface area contributed by atoms with Crippen LogP contribution in [0.4, 0.5) is 20.2 Å².